The lowest BCUT2D eigenvalue weighted by Gasteiger charge is -2.11. The van der Waals surface area contributed by atoms with Crippen LogP contribution in [0.4, 0.5) is 0 Å². The first-order valence-corrected chi connectivity index (χ1v) is 7.25. The Labute approximate surface area is 129 Å². The molecule has 6 nitrogen and oxygen atoms in total. The van der Waals surface area contributed by atoms with Crippen molar-refractivity contribution in [2.75, 3.05) is 13.1 Å². The van der Waals surface area contributed by atoms with Gasteiger partial charge < -0.3 is 20.3 Å². The maximum atomic E-state index is 12.2. The van der Waals surface area contributed by atoms with Gasteiger partial charge in [-0.2, -0.15) is 0 Å². The number of hydrogen-bond donors (Lipinski definition) is 2. The monoisotopic (exact) mass is 303 g/mol. The van der Waals surface area contributed by atoms with E-state index >= 15 is 0 Å². The summed E-state index contributed by atoms with van der Waals surface area (Å²) in [6.45, 7) is 5.11. The van der Waals surface area contributed by atoms with Crippen LogP contribution in [0.3, 0.4) is 0 Å². The third kappa shape index (κ3) is 3.85. The van der Waals surface area contributed by atoms with Gasteiger partial charge in [0.25, 0.3) is 5.91 Å². The van der Waals surface area contributed by atoms with Gasteiger partial charge in [-0.05, 0) is 38.9 Å². The molecule has 0 saturated heterocycles. The third-order valence-electron chi connectivity index (χ3n) is 3.35. The van der Waals surface area contributed by atoms with Crippen molar-refractivity contribution >= 4 is 5.91 Å². The summed E-state index contributed by atoms with van der Waals surface area (Å²) in [5, 5.41) is 6.72. The lowest BCUT2D eigenvalue weighted by Crippen LogP contribution is -2.26. The van der Waals surface area contributed by atoms with E-state index in [-0.39, 0.29) is 5.91 Å². The molecule has 0 fully saturated rings. The van der Waals surface area contributed by atoms with Gasteiger partial charge >= 0.3 is 0 Å². The SMILES string of the molecule is Cc1noc(C)c1COc1ccccc1C(=O)NCCCN. The van der Waals surface area contributed by atoms with E-state index in [1.807, 2.05) is 19.9 Å². The summed E-state index contributed by atoms with van der Waals surface area (Å²) in [6, 6.07) is 7.15. The number of para-hydroxylation sites is 1. The highest BCUT2D eigenvalue weighted by Crippen LogP contribution is 2.21. The van der Waals surface area contributed by atoms with E-state index in [1.165, 1.54) is 0 Å². The van der Waals surface area contributed by atoms with Gasteiger partial charge in [0, 0.05) is 6.54 Å². The van der Waals surface area contributed by atoms with Crippen LogP contribution in [0.25, 0.3) is 0 Å². The average molecular weight is 303 g/mol. The Morgan fingerprint density at radius 3 is 2.82 bits per heavy atom. The second-order valence-corrected chi connectivity index (χ2v) is 4.99. The Hall–Kier alpha value is -2.34. The van der Waals surface area contributed by atoms with Gasteiger partial charge in [0.05, 0.1) is 16.8 Å². The maximum Gasteiger partial charge on any atom is 0.255 e. The van der Waals surface area contributed by atoms with Gasteiger partial charge in [-0.3, -0.25) is 4.79 Å². The number of nitrogens with two attached hydrogens (primary N) is 1. The van der Waals surface area contributed by atoms with E-state index in [0.29, 0.717) is 31.0 Å². The smallest absolute Gasteiger partial charge is 0.255 e. The molecule has 118 valence electrons. The van der Waals surface area contributed by atoms with Crippen molar-refractivity contribution < 1.29 is 14.1 Å². The van der Waals surface area contributed by atoms with Gasteiger partial charge in [0.1, 0.15) is 18.1 Å². The number of benzene rings is 1. The van der Waals surface area contributed by atoms with Crippen LogP contribution >= 0.6 is 0 Å². The van der Waals surface area contributed by atoms with Crippen molar-refractivity contribution in [1.29, 1.82) is 0 Å². The molecular weight excluding hydrogens is 282 g/mol. The molecule has 22 heavy (non-hydrogen) atoms. The number of ether oxygens (including phenoxy) is 1. The number of amides is 1. The molecule has 0 radical (unpaired) electrons. The molecule has 3 N–H and O–H groups in total. The minimum Gasteiger partial charge on any atom is -0.488 e. The standard InChI is InChI=1S/C16H21N3O3/c1-11-14(12(2)22-19-11)10-21-15-7-4-3-6-13(15)16(20)18-9-5-8-17/h3-4,6-7H,5,8-10,17H2,1-2H3,(H,18,20). The average Bonchev–Trinajstić information content (AvgIpc) is 2.84. The zero-order chi connectivity index (χ0) is 15.9. The highest BCUT2D eigenvalue weighted by molar-refractivity contribution is 5.96. The number of aromatic nitrogens is 1. The van der Waals surface area contributed by atoms with Crippen LogP contribution in [0.2, 0.25) is 0 Å². The largest absolute Gasteiger partial charge is 0.488 e. The zero-order valence-electron chi connectivity index (χ0n) is 12.9. The molecule has 1 heterocycles. The van der Waals surface area contributed by atoms with E-state index in [1.54, 1.807) is 18.2 Å². The quantitative estimate of drug-likeness (QED) is 0.763. The van der Waals surface area contributed by atoms with Gasteiger partial charge in [-0.15, -0.1) is 0 Å². The molecule has 1 amide bonds. The molecule has 1 aromatic carbocycles. The lowest BCUT2D eigenvalue weighted by atomic mass is 10.1. The van der Waals surface area contributed by atoms with Gasteiger partial charge in [0.2, 0.25) is 0 Å². The van der Waals surface area contributed by atoms with Crippen LogP contribution < -0.4 is 15.8 Å². The van der Waals surface area contributed by atoms with Crippen molar-refractivity contribution in [3.05, 3.63) is 46.8 Å². The third-order valence-corrected chi connectivity index (χ3v) is 3.35. The van der Waals surface area contributed by atoms with Crippen molar-refractivity contribution in [3.63, 3.8) is 0 Å². The van der Waals surface area contributed by atoms with E-state index < -0.39 is 0 Å². The Bertz CT molecular complexity index is 618. The molecule has 0 spiro atoms. The molecule has 0 bridgehead atoms. The van der Waals surface area contributed by atoms with Gasteiger partial charge in [0.15, 0.2) is 0 Å². The molecule has 0 unspecified atom stereocenters. The zero-order valence-corrected chi connectivity index (χ0v) is 12.9. The first-order valence-electron chi connectivity index (χ1n) is 7.25. The maximum absolute atomic E-state index is 12.2. The molecule has 1 aromatic heterocycles. The number of rotatable bonds is 7. The number of aryl methyl sites for hydroxylation is 2. The van der Waals surface area contributed by atoms with Crippen LogP contribution in [-0.2, 0) is 6.61 Å². The van der Waals surface area contributed by atoms with Crippen molar-refractivity contribution in [2.45, 2.75) is 26.9 Å². The molecule has 0 aliphatic rings. The van der Waals surface area contributed by atoms with Crippen molar-refractivity contribution in [1.82, 2.24) is 10.5 Å². The summed E-state index contributed by atoms with van der Waals surface area (Å²) in [5.41, 5.74) is 7.62. The number of nitrogens with one attached hydrogen (secondary N) is 1. The number of carbonyl (C=O) groups excluding carboxylic acids is 1. The van der Waals surface area contributed by atoms with Crippen molar-refractivity contribution in [2.24, 2.45) is 5.73 Å². The van der Waals surface area contributed by atoms with Crippen LogP contribution in [-0.4, -0.2) is 24.2 Å². The van der Waals surface area contributed by atoms with Crippen LogP contribution in [0, 0.1) is 13.8 Å². The van der Waals surface area contributed by atoms with Gasteiger partial charge in [-0.1, -0.05) is 17.3 Å². The molecule has 2 rings (SSSR count). The van der Waals surface area contributed by atoms with Crippen molar-refractivity contribution in [3.8, 4) is 5.75 Å². The minimum absolute atomic E-state index is 0.164. The van der Waals surface area contributed by atoms with Crippen LogP contribution in [0.1, 0.15) is 33.8 Å². The van der Waals surface area contributed by atoms with Crippen LogP contribution in [0.15, 0.2) is 28.8 Å². The summed E-state index contributed by atoms with van der Waals surface area (Å²) in [6.07, 6.45) is 0.744. The Morgan fingerprint density at radius 2 is 2.14 bits per heavy atom. The predicted molar refractivity (Wildman–Crippen MR) is 82.8 cm³/mol. The van der Waals surface area contributed by atoms with E-state index in [9.17, 15) is 4.79 Å². The Balaban J connectivity index is 2.06. The molecule has 0 saturated carbocycles. The first kappa shape index (κ1) is 16.0. The molecule has 6 heteroatoms. The molecule has 0 atom stereocenters. The number of hydrogen-bond acceptors (Lipinski definition) is 5. The second kappa shape index (κ2) is 7.61. The second-order valence-electron chi connectivity index (χ2n) is 4.99. The van der Waals surface area contributed by atoms with E-state index in [0.717, 1.165) is 23.4 Å². The first-order chi connectivity index (χ1) is 10.6. The fourth-order valence-corrected chi connectivity index (χ4v) is 2.04. The Morgan fingerprint density at radius 1 is 1.36 bits per heavy atom. The summed E-state index contributed by atoms with van der Waals surface area (Å²) in [7, 11) is 0. The summed E-state index contributed by atoms with van der Waals surface area (Å²) in [4.78, 5) is 12.2. The normalized spacial score (nSPS) is 10.5. The predicted octanol–water partition coefficient (Wildman–Crippen LogP) is 1.95. The highest BCUT2D eigenvalue weighted by atomic mass is 16.5. The Kier molecular flexibility index (Phi) is 5.55. The van der Waals surface area contributed by atoms with Crippen LogP contribution in [0.5, 0.6) is 5.75 Å². The number of carbonyl (C=O) groups is 1. The molecular formula is C16H21N3O3. The molecule has 0 aliphatic heterocycles. The summed E-state index contributed by atoms with van der Waals surface area (Å²) >= 11 is 0. The minimum atomic E-state index is -0.164. The summed E-state index contributed by atoms with van der Waals surface area (Å²) in [5.74, 6) is 1.10. The molecule has 0 aliphatic carbocycles. The highest BCUT2D eigenvalue weighted by Gasteiger charge is 2.14. The number of nitrogens with zero attached hydrogens (tertiary/aromatic N) is 1. The molecule has 2 aromatic rings. The summed E-state index contributed by atoms with van der Waals surface area (Å²) < 4.78 is 10.9. The topological polar surface area (TPSA) is 90.4 Å². The van der Waals surface area contributed by atoms with E-state index in [2.05, 4.69) is 10.5 Å². The van der Waals surface area contributed by atoms with E-state index in [4.69, 9.17) is 15.0 Å². The van der Waals surface area contributed by atoms with Gasteiger partial charge in [-0.25, -0.2) is 0 Å². The fraction of sp³-hybridized carbons (Fsp3) is 0.375. The lowest BCUT2D eigenvalue weighted by molar-refractivity contribution is 0.0949. The fourth-order valence-electron chi connectivity index (χ4n) is 2.04.